The molecule has 30 heavy (non-hydrogen) atoms. The van der Waals surface area contributed by atoms with E-state index in [-0.39, 0.29) is 0 Å². The van der Waals surface area contributed by atoms with Gasteiger partial charge in [-0.25, -0.2) is 0 Å². The van der Waals surface area contributed by atoms with Gasteiger partial charge in [0.15, 0.2) is 11.5 Å². The highest BCUT2D eigenvalue weighted by Gasteiger charge is 2.13. The standard InChI is InChI=1S/C24H18BrCl2NO2/c1-2-29-23-13-16(11-19(14-28)17-7-9-20(26)10-8-17)12-21(25)24(23)30-15-18-5-3-4-6-22(18)27/h3-13H,2,15H2,1H3/b19-11-. The van der Waals surface area contributed by atoms with Gasteiger partial charge in [-0.3, -0.25) is 0 Å². The molecule has 0 aliphatic rings. The fourth-order valence-corrected chi connectivity index (χ4v) is 3.71. The predicted octanol–water partition coefficient (Wildman–Crippen LogP) is 7.80. The molecule has 152 valence electrons. The van der Waals surface area contributed by atoms with E-state index in [0.29, 0.717) is 40.3 Å². The van der Waals surface area contributed by atoms with Crippen molar-refractivity contribution in [2.75, 3.05) is 6.61 Å². The summed E-state index contributed by atoms with van der Waals surface area (Å²) in [6, 6.07) is 20.7. The summed E-state index contributed by atoms with van der Waals surface area (Å²) in [6.45, 7) is 2.69. The Morgan fingerprint density at radius 3 is 2.47 bits per heavy atom. The summed E-state index contributed by atoms with van der Waals surface area (Å²) in [6.07, 6.45) is 1.80. The lowest BCUT2D eigenvalue weighted by atomic mass is 10.0. The second kappa shape index (κ2) is 10.5. The molecule has 6 heteroatoms. The van der Waals surface area contributed by atoms with E-state index in [9.17, 15) is 5.26 Å². The summed E-state index contributed by atoms with van der Waals surface area (Å²) < 4.78 is 12.5. The first-order valence-corrected chi connectivity index (χ1v) is 10.8. The molecule has 3 nitrogen and oxygen atoms in total. The lowest BCUT2D eigenvalue weighted by Gasteiger charge is -2.15. The molecule has 0 aromatic heterocycles. The second-order valence-electron chi connectivity index (χ2n) is 6.32. The van der Waals surface area contributed by atoms with Gasteiger partial charge in [0, 0.05) is 15.6 Å². The molecule has 0 atom stereocenters. The Labute approximate surface area is 194 Å². The number of hydrogen-bond acceptors (Lipinski definition) is 3. The normalized spacial score (nSPS) is 11.1. The van der Waals surface area contributed by atoms with Crippen molar-refractivity contribution in [3.63, 3.8) is 0 Å². The van der Waals surface area contributed by atoms with Crippen molar-refractivity contribution in [3.8, 4) is 17.6 Å². The quantitative estimate of drug-likeness (QED) is 0.244. The zero-order valence-electron chi connectivity index (χ0n) is 16.2. The number of halogens is 3. The van der Waals surface area contributed by atoms with Crippen molar-refractivity contribution < 1.29 is 9.47 Å². The smallest absolute Gasteiger partial charge is 0.175 e. The van der Waals surface area contributed by atoms with Crippen molar-refractivity contribution in [1.29, 1.82) is 5.26 Å². The summed E-state index contributed by atoms with van der Waals surface area (Å²) >= 11 is 15.7. The Morgan fingerprint density at radius 2 is 1.80 bits per heavy atom. The minimum absolute atomic E-state index is 0.307. The first-order chi connectivity index (χ1) is 14.5. The van der Waals surface area contributed by atoms with Crippen LogP contribution in [0.4, 0.5) is 0 Å². The highest BCUT2D eigenvalue weighted by atomic mass is 79.9. The summed E-state index contributed by atoms with van der Waals surface area (Å²) in [5.41, 5.74) is 3.00. The van der Waals surface area contributed by atoms with Crippen molar-refractivity contribution in [1.82, 2.24) is 0 Å². The average molecular weight is 503 g/mol. The number of rotatable bonds is 7. The molecule has 0 radical (unpaired) electrons. The third-order valence-electron chi connectivity index (χ3n) is 4.25. The molecule has 0 saturated heterocycles. The van der Waals surface area contributed by atoms with Gasteiger partial charge in [-0.05, 0) is 70.4 Å². The number of nitriles is 1. The van der Waals surface area contributed by atoms with Crippen molar-refractivity contribution >= 4 is 50.8 Å². The van der Waals surface area contributed by atoms with Crippen LogP contribution in [0.25, 0.3) is 11.6 Å². The Hall–Kier alpha value is -2.45. The van der Waals surface area contributed by atoms with Gasteiger partial charge < -0.3 is 9.47 Å². The molecule has 0 fully saturated rings. The maximum atomic E-state index is 9.61. The Morgan fingerprint density at radius 1 is 1.07 bits per heavy atom. The van der Waals surface area contributed by atoms with Crippen LogP contribution in [-0.4, -0.2) is 6.61 Å². The van der Waals surface area contributed by atoms with E-state index in [4.69, 9.17) is 32.7 Å². The van der Waals surface area contributed by atoms with Gasteiger partial charge >= 0.3 is 0 Å². The zero-order valence-corrected chi connectivity index (χ0v) is 19.3. The molecule has 0 heterocycles. The van der Waals surface area contributed by atoms with E-state index >= 15 is 0 Å². The minimum Gasteiger partial charge on any atom is -0.490 e. The first-order valence-electron chi connectivity index (χ1n) is 9.22. The van der Waals surface area contributed by atoms with Crippen LogP contribution in [0, 0.1) is 11.3 Å². The monoisotopic (exact) mass is 501 g/mol. The molecule has 0 aliphatic carbocycles. The average Bonchev–Trinajstić information content (AvgIpc) is 2.73. The maximum Gasteiger partial charge on any atom is 0.175 e. The minimum atomic E-state index is 0.307. The molecule has 0 spiro atoms. The first kappa shape index (κ1) is 22.2. The molecule has 0 unspecified atom stereocenters. The van der Waals surface area contributed by atoms with Crippen molar-refractivity contribution in [2.45, 2.75) is 13.5 Å². The number of benzene rings is 3. The lowest BCUT2D eigenvalue weighted by molar-refractivity contribution is 0.267. The molecule has 0 bridgehead atoms. The molecule has 3 aromatic rings. The van der Waals surface area contributed by atoms with E-state index in [1.807, 2.05) is 55.5 Å². The van der Waals surface area contributed by atoms with Crippen LogP contribution in [0.5, 0.6) is 11.5 Å². The van der Waals surface area contributed by atoms with E-state index < -0.39 is 0 Å². The van der Waals surface area contributed by atoms with Crippen LogP contribution in [0.1, 0.15) is 23.6 Å². The van der Waals surface area contributed by atoms with E-state index in [1.165, 1.54) is 0 Å². The van der Waals surface area contributed by atoms with Crippen LogP contribution in [0.2, 0.25) is 10.0 Å². The molecule has 0 amide bonds. The van der Waals surface area contributed by atoms with E-state index in [0.717, 1.165) is 21.2 Å². The Kier molecular flexibility index (Phi) is 7.81. The topological polar surface area (TPSA) is 42.2 Å². The van der Waals surface area contributed by atoms with Crippen molar-refractivity contribution in [2.24, 2.45) is 0 Å². The zero-order chi connectivity index (χ0) is 21.5. The van der Waals surface area contributed by atoms with Gasteiger partial charge in [0.1, 0.15) is 6.61 Å². The largest absolute Gasteiger partial charge is 0.490 e. The van der Waals surface area contributed by atoms with Gasteiger partial charge in [-0.2, -0.15) is 5.26 Å². The van der Waals surface area contributed by atoms with Gasteiger partial charge in [-0.15, -0.1) is 0 Å². The molecule has 0 aliphatic heterocycles. The van der Waals surface area contributed by atoms with Crippen LogP contribution in [-0.2, 0) is 6.61 Å². The van der Waals surface area contributed by atoms with Gasteiger partial charge in [0.05, 0.1) is 22.7 Å². The summed E-state index contributed by atoms with van der Waals surface area (Å²) in [4.78, 5) is 0. The molecular formula is C24H18BrCl2NO2. The predicted molar refractivity (Wildman–Crippen MR) is 126 cm³/mol. The highest BCUT2D eigenvalue weighted by Crippen LogP contribution is 2.38. The molecule has 0 N–H and O–H groups in total. The molecular weight excluding hydrogens is 485 g/mol. The second-order valence-corrected chi connectivity index (χ2v) is 8.02. The van der Waals surface area contributed by atoms with Crippen LogP contribution >= 0.6 is 39.1 Å². The molecule has 3 aromatic carbocycles. The summed E-state index contributed by atoms with van der Waals surface area (Å²) in [7, 11) is 0. The highest BCUT2D eigenvalue weighted by molar-refractivity contribution is 9.10. The molecule has 0 saturated carbocycles. The maximum absolute atomic E-state index is 9.61. The van der Waals surface area contributed by atoms with Gasteiger partial charge in [-0.1, -0.05) is 53.5 Å². The third kappa shape index (κ3) is 5.58. The number of allylic oxidation sites excluding steroid dienone is 1. The van der Waals surface area contributed by atoms with Crippen molar-refractivity contribution in [3.05, 3.63) is 91.9 Å². The Bertz CT molecular complexity index is 1110. The van der Waals surface area contributed by atoms with Crippen LogP contribution < -0.4 is 9.47 Å². The number of hydrogen-bond donors (Lipinski definition) is 0. The van der Waals surface area contributed by atoms with Crippen LogP contribution in [0.15, 0.2) is 65.1 Å². The Balaban J connectivity index is 1.93. The summed E-state index contributed by atoms with van der Waals surface area (Å²) in [5.74, 6) is 1.16. The fourth-order valence-electron chi connectivity index (χ4n) is 2.82. The number of nitrogens with zero attached hydrogens (tertiary/aromatic N) is 1. The fraction of sp³-hybridized carbons (Fsp3) is 0.125. The molecule has 3 rings (SSSR count). The number of ether oxygens (including phenoxy) is 2. The lowest BCUT2D eigenvalue weighted by Crippen LogP contribution is -2.01. The van der Waals surface area contributed by atoms with Gasteiger partial charge in [0.25, 0.3) is 0 Å². The SMILES string of the molecule is CCOc1cc(/C=C(/C#N)c2ccc(Cl)cc2)cc(Br)c1OCc1ccccc1Cl. The third-order valence-corrected chi connectivity index (χ3v) is 5.46. The van der Waals surface area contributed by atoms with Gasteiger partial charge in [0.2, 0.25) is 0 Å². The van der Waals surface area contributed by atoms with E-state index in [1.54, 1.807) is 18.2 Å². The summed E-state index contributed by atoms with van der Waals surface area (Å²) in [5, 5.41) is 10.9. The van der Waals surface area contributed by atoms with Crippen LogP contribution in [0.3, 0.4) is 0 Å². The van der Waals surface area contributed by atoms with E-state index in [2.05, 4.69) is 22.0 Å².